The molecular formula is C6H7BrFeO4-4. The maximum atomic E-state index is 7.75. The molecule has 0 aromatic heterocycles. The van der Waals surface area contributed by atoms with E-state index in [1.807, 2.05) is 0 Å². The summed E-state index contributed by atoms with van der Waals surface area (Å²) in [5.74, 6) is 0. The van der Waals surface area contributed by atoms with Crippen LogP contribution in [0.15, 0.2) is 0 Å². The van der Waals surface area contributed by atoms with Gasteiger partial charge in [-0.1, -0.05) is 0 Å². The quantitative estimate of drug-likeness (QED) is 0.284. The number of carbonyl (C=O) groups excluding carboxylic acids is 4. The van der Waals surface area contributed by atoms with Crippen molar-refractivity contribution >= 4 is 48.0 Å². The van der Waals surface area contributed by atoms with Gasteiger partial charge in [0.2, 0.25) is 0 Å². The second kappa shape index (κ2) is 401. The molecule has 74 valence electrons. The Morgan fingerprint density at radius 1 is 0.917 bits per heavy atom. The van der Waals surface area contributed by atoms with Gasteiger partial charge >= 0.3 is 41.8 Å². The molecule has 0 fully saturated rings. The van der Waals surface area contributed by atoms with Crippen LogP contribution in [0.25, 0.3) is 0 Å². The Hall–Kier alpha value is -0.451. The van der Waals surface area contributed by atoms with Gasteiger partial charge in [-0.15, -0.1) is 0 Å². The molecule has 0 unspecified atom stereocenters. The van der Waals surface area contributed by atoms with Crippen LogP contribution in [0.5, 0.6) is 0 Å². The summed E-state index contributed by atoms with van der Waals surface area (Å²) in [5, 5.41) is 0.896. The average Bonchev–Trinajstić information content (AvgIpc) is 2.29. The van der Waals surface area contributed by atoms with Crippen LogP contribution >= 0.6 is 15.9 Å². The van der Waals surface area contributed by atoms with Crippen molar-refractivity contribution in [2.24, 2.45) is 0 Å². The zero-order valence-corrected chi connectivity index (χ0v) is 8.65. The first-order valence-electron chi connectivity index (χ1n) is 1.82. The summed E-state index contributed by atoms with van der Waals surface area (Å²) in [7, 11) is 0. The number of rotatable bonds is 1. The van der Waals surface area contributed by atoms with Gasteiger partial charge < -0.3 is 19.2 Å². The Labute approximate surface area is 88.2 Å². The first-order chi connectivity index (χ1) is 5.91. The summed E-state index contributed by atoms with van der Waals surface area (Å²) < 4.78 is 0. The first-order valence-corrected chi connectivity index (χ1v) is 3.58. The zero-order chi connectivity index (χ0) is 11.4. The van der Waals surface area contributed by atoms with Crippen LogP contribution in [-0.4, -0.2) is 37.4 Å². The van der Waals surface area contributed by atoms with Crippen molar-refractivity contribution in [1.29, 1.82) is 0 Å². The minimum absolute atomic E-state index is 0.896. The van der Waals surface area contributed by atoms with Gasteiger partial charge in [-0.2, -0.15) is 0 Å². The van der Waals surface area contributed by atoms with E-state index in [9.17, 15) is 0 Å². The van der Waals surface area contributed by atoms with Crippen molar-refractivity contribution in [1.82, 2.24) is 0 Å². The predicted octanol–water partition coefficient (Wildman–Crippen LogP) is -0.366. The number of halogens is 1. The average molecular weight is 279 g/mol. The van der Waals surface area contributed by atoms with Crippen LogP contribution in [0.1, 0.15) is 0 Å². The summed E-state index contributed by atoms with van der Waals surface area (Å²) in [6.45, 7) is 13.0. The molecule has 0 aliphatic heterocycles. The van der Waals surface area contributed by atoms with E-state index >= 15 is 0 Å². The normalized spacial score (nSPS) is 3.50. The van der Waals surface area contributed by atoms with E-state index < -0.39 is 0 Å². The SMILES string of the molecule is [CH-]=O.[CH-]=O.[CH-]=O.[CH-]=O.[Fe]=[CH]CBr. The van der Waals surface area contributed by atoms with E-state index in [1.165, 1.54) is 0 Å². The van der Waals surface area contributed by atoms with Gasteiger partial charge in [-0.05, 0) is 0 Å². The Balaban J connectivity index is -0.0000000181. The standard InChI is InChI=1S/C2H3Br.4CHO.Fe/c1-2-3;4*1-2;/h1H,2H2;4*1H;/q;4*-1;. The van der Waals surface area contributed by atoms with Crippen LogP contribution in [0.2, 0.25) is 0 Å². The topological polar surface area (TPSA) is 68.3 Å². The second-order valence-electron chi connectivity index (χ2n) is 0.299. The van der Waals surface area contributed by atoms with Crippen molar-refractivity contribution in [3.8, 4) is 0 Å². The van der Waals surface area contributed by atoms with Gasteiger partial charge in [-0.25, -0.2) is 0 Å². The molecule has 0 bridgehead atoms. The Bertz CT molecular complexity index is 57.5. The molecule has 0 heterocycles. The molecule has 0 rings (SSSR count). The van der Waals surface area contributed by atoms with Crippen LogP contribution in [0, 0.1) is 0 Å². The summed E-state index contributed by atoms with van der Waals surface area (Å²) in [6.07, 6.45) is 0. The van der Waals surface area contributed by atoms with Crippen molar-refractivity contribution in [3.05, 3.63) is 0 Å². The Kier molecular flexibility index (Phi) is 1000. The molecule has 0 spiro atoms. The van der Waals surface area contributed by atoms with Gasteiger partial charge in [0, 0.05) is 0 Å². The van der Waals surface area contributed by atoms with Crippen LogP contribution < -0.4 is 0 Å². The molecule has 0 aliphatic rings. The fraction of sp³-hybridized carbons (Fsp3) is 0.167. The molecule has 0 aromatic rings. The van der Waals surface area contributed by atoms with E-state index in [2.05, 4.69) is 58.7 Å². The Morgan fingerprint density at radius 2 is 1.00 bits per heavy atom. The molecular weight excluding hydrogens is 272 g/mol. The van der Waals surface area contributed by atoms with Gasteiger partial charge in [0.1, 0.15) is 0 Å². The van der Waals surface area contributed by atoms with Crippen molar-refractivity contribution in [2.75, 3.05) is 5.33 Å². The third kappa shape index (κ3) is 2310. The van der Waals surface area contributed by atoms with E-state index in [1.54, 1.807) is 4.92 Å². The molecule has 0 N–H and O–H groups in total. The van der Waals surface area contributed by atoms with Crippen LogP contribution in [0.4, 0.5) is 0 Å². The fourth-order valence-corrected chi connectivity index (χ4v) is 0. The van der Waals surface area contributed by atoms with Gasteiger partial charge in [0.05, 0.1) is 0 Å². The fourth-order valence-electron chi connectivity index (χ4n) is 0. The summed E-state index contributed by atoms with van der Waals surface area (Å²) in [5.41, 5.74) is 0. The zero-order valence-electron chi connectivity index (χ0n) is 5.96. The predicted molar refractivity (Wildman–Crippen MR) is 46.9 cm³/mol. The number of alkyl halides is 1. The summed E-state index contributed by atoms with van der Waals surface area (Å²) in [4.78, 5) is 32.8. The molecule has 12 heavy (non-hydrogen) atoms. The van der Waals surface area contributed by atoms with E-state index in [0.29, 0.717) is 0 Å². The second-order valence-corrected chi connectivity index (χ2v) is 1.40. The molecule has 0 saturated carbocycles. The third-order valence-corrected chi connectivity index (χ3v) is 1.17. The van der Waals surface area contributed by atoms with Gasteiger partial charge in [0.25, 0.3) is 0 Å². The molecule has 0 aliphatic carbocycles. The van der Waals surface area contributed by atoms with E-state index in [-0.39, 0.29) is 0 Å². The molecule has 0 aromatic carbocycles. The summed E-state index contributed by atoms with van der Waals surface area (Å²) in [6, 6.07) is 0. The molecule has 0 atom stereocenters. The van der Waals surface area contributed by atoms with Gasteiger partial charge in [0.15, 0.2) is 0 Å². The molecule has 0 radical (unpaired) electrons. The van der Waals surface area contributed by atoms with E-state index in [0.717, 1.165) is 5.33 Å². The minimum atomic E-state index is 0.896. The Morgan fingerprint density at radius 3 is 1.00 bits per heavy atom. The molecule has 4 nitrogen and oxygen atoms in total. The number of hydrogen-bond acceptors (Lipinski definition) is 4. The summed E-state index contributed by atoms with van der Waals surface area (Å²) >= 11 is 6.56. The monoisotopic (exact) mass is 278 g/mol. The van der Waals surface area contributed by atoms with Crippen molar-refractivity contribution < 1.29 is 34.8 Å². The van der Waals surface area contributed by atoms with Crippen LogP contribution in [-0.2, 0) is 34.8 Å². The molecule has 6 heteroatoms. The van der Waals surface area contributed by atoms with Crippen LogP contribution in [0.3, 0.4) is 0 Å². The van der Waals surface area contributed by atoms with E-state index in [4.69, 9.17) is 19.2 Å². The van der Waals surface area contributed by atoms with Gasteiger partial charge in [-0.3, -0.25) is 27.2 Å². The first kappa shape index (κ1) is 30.0. The van der Waals surface area contributed by atoms with Crippen molar-refractivity contribution in [3.63, 3.8) is 0 Å². The molecule has 0 amide bonds. The molecule has 0 saturated heterocycles. The number of hydrogen-bond donors (Lipinski definition) is 0. The maximum absolute atomic E-state index is 7.75. The third-order valence-electron chi connectivity index (χ3n) is 0.0546. The van der Waals surface area contributed by atoms with Crippen molar-refractivity contribution in [2.45, 2.75) is 0 Å².